The van der Waals surface area contributed by atoms with Gasteiger partial charge in [-0.25, -0.2) is 4.79 Å². The van der Waals surface area contributed by atoms with Gasteiger partial charge in [0.05, 0.1) is 11.5 Å². The van der Waals surface area contributed by atoms with Crippen LogP contribution in [0.2, 0.25) is 0 Å². The fourth-order valence-corrected chi connectivity index (χ4v) is 9.40. The minimum atomic E-state index is -0.217. The van der Waals surface area contributed by atoms with Gasteiger partial charge in [0.15, 0.2) is 0 Å². The first-order valence-electron chi connectivity index (χ1n) is 16.6. The molecule has 234 valence electrons. The van der Waals surface area contributed by atoms with Gasteiger partial charge in [0.1, 0.15) is 12.2 Å². The number of benzene rings is 1. The van der Waals surface area contributed by atoms with E-state index in [1.807, 2.05) is 12.1 Å². The van der Waals surface area contributed by atoms with Gasteiger partial charge in [0.25, 0.3) is 0 Å². The van der Waals surface area contributed by atoms with E-state index in [0.29, 0.717) is 23.3 Å². The van der Waals surface area contributed by atoms with Crippen molar-refractivity contribution in [1.29, 1.82) is 0 Å². The molecule has 6 heteroatoms. The number of esters is 2. The van der Waals surface area contributed by atoms with E-state index in [0.717, 1.165) is 57.8 Å². The molecule has 0 aromatic heterocycles. The van der Waals surface area contributed by atoms with Crippen molar-refractivity contribution in [1.82, 2.24) is 10.6 Å². The van der Waals surface area contributed by atoms with Crippen LogP contribution in [0.15, 0.2) is 24.3 Å². The zero-order chi connectivity index (χ0) is 30.5. The molecule has 0 spiro atoms. The van der Waals surface area contributed by atoms with Crippen LogP contribution in [0.3, 0.4) is 0 Å². The van der Waals surface area contributed by atoms with E-state index >= 15 is 0 Å². The second-order valence-electron chi connectivity index (χ2n) is 16.9. The number of nitrogens with one attached hydrogen (secondary N) is 2. The highest BCUT2D eigenvalue weighted by Crippen LogP contribution is 2.48. The third-order valence-electron chi connectivity index (χ3n) is 10.4. The lowest BCUT2D eigenvalue weighted by molar-refractivity contribution is -0.160. The van der Waals surface area contributed by atoms with E-state index < -0.39 is 0 Å². The average Bonchev–Trinajstić information content (AvgIpc) is 2.84. The minimum Gasteiger partial charge on any atom is -0.462 e. The standard InChI is InChI=1S/C36H56N2O4/c1-33(2)19-29(20-34(3,4)37-33)41-31(39)24-11-9-23(10-12-24)25-13-14-27-18-28(16-15-26(27)17-25)32(40)42-30-21-35(5,6)38-36(7,8)22-30/h9-12,25-30,37-38H,13-22H2,1-8H3. The summed E-state index contributed by atoms with van der Waals surface area (Å²) in [6.07, 6.45) is 9.80. The minimum absolute atomic E-state index is 0.00387. The van der Waals surface area contributed by atoms with Crippen LogP contribution in [0.4, 0.5) is 0 Å². The second kappa shape index (κ2) is 11.5. The van der Waals surface area contributed by atoms with Gasteiger partial charge in [-0.2, -0.15) is 0 Å². The quantitative estimate of drug-likeness (QED) is 0.356. The summed E-state index contributed by atoms with van der Waals surface area (Å²) in [6, 6.07) is 8.19. The van der Waals surface area contributed by atoms with Crippen molar-refractivity contribution in [2.45, 2.75) is 160 Å². The summed E-state index contributed by atoms with van der Waals surface area (Å²) in [4.78, 5) is 26.2. The summed E-state index contributed by atoms with van der Waals surface area (Å²) in [7, 11) is 0. The van der Waals surface area contributed by atoms with Crippen molar-refractivity contribution in [2.75, 3.05) is 0 Å². The number of carbonyl (C=O) groups excluding carboxylic acids is 2. The van der Waals surface area contributed by atoms with Crippen molar-refractivity contribution in [3.63, 3.8) is 0 Å². The van der Waals surface area contributed by atoms with Crippen LogP contribution in [-0.2, 0) is 14.3 Å². The number of rotatable bonds is 5. The number of ether oxygens (including phenoxy) is 2. The van der Waals surface area contributed by atoms with Crippen LogP contribution in [0.5, 0.6) is 0 Å². The van der Waals surface area contributed by atoms with Crippen molar-refractivity contribution in [3.8, 4) is 0 Å². The largest absolute Gasteiger partial charge is 0.462 e. The lowest BCUT2D eigenvalue weighted by Crippen LogP contribution is -2.59. The third kappa shape index (κ3) is 7.77. The Morgan fingerprint density at radius 1 is 0.643 bits per heavy atom. The van der Waals surface area contributed by atoms with E-state index in [-0.39, 0.29) is 52.2 Å². The molecule has 4 unspecified atom stereocenters. The maximum Gasteiger partial charge on any atom is 0.338 e. The van der Waals surface area contributed by atoms with Gasteiger partial charge in [-0.3, -0.25) is 4.79 Å². The molecule has 2 N–H and O–H groups in total. The van der Waals surface area contributed by atoms with Crippen molar-refractivity contribution < 1.29 is 19.1 Å². The zero-order valence-electron chi connectivity index (χ0n) is 27.5. The molecule has 2 saturated carbocycles. The first-order chi connectivity index (χ1) is 19.5. The number of piperidine rings is 2. The molecule has 1 aromatic carbocycles. The Morgan fingerprint density at radius 2 is 1.12 bits per heavy atom. The van der Waals surface area contributed by atoms with Crippen molar-refractivity contribution in [2.24, 2.45) is 17.8 Å². The molecule has 2 heterocycles. The zero-order valence-corrected chi connectivity index (χ0v) is 27.5. The molecule has 2 aliphatic heterocycles. The Balaban J connectivity index is 1.11. The predicted molar refractivity (Wildman–Crippen MR) is 167 cm³/mol. The number of carbonyl (C=O) groups is 2. The Labute approximate surface area is 254 Å². The van der Waals surface area contributed by atoms with Gasteiger partial charge < -0.3 is 20.1 Å². The fraction of sp³-hybridized carbons (Fsp3) is 0.778. The summed E-state index contributed by atoms with van der Waals surface area (Å²) >= 11 is 0. The summed E-state index contributed by atoms with van der Waals surface area (Å²) in [5.41, 5.74) is 1.80. The molecule has 0 bridgehead atoms. The molecule has 2 aliphatic carbocycles. The summed E-state index contributed by atoms with van der Waals surface area (Å²) < 4.78 is 12.1. The van der Waals surface area contributed by atoms with E-state index in [1.165, 1.54) is 12.0 Å². The van der Waals surface area contributed by atoms with Crippen LogP contribution in [0.1, 0.15) is 141 Å². The fourth-order valence-electron chi connectivity index (χ4n) is 9.40. The van der Waals surface area contributed by atoms with Crippen LogP contribution < -0.4 is 10.6 Å². The SMILES string of the molecule is CC1(C)CC(OC(=O)c2ccc(C3CCC4CC(C(=O)OC5CC(C)(C)NC(C)(C)C5)CCC4C3)cc2)CC(C)(C)N1. The van der Waals surface area contributed by atoms with E-state index in [9.17, 15) is 9.59 Å². The van der Waals surface area contributed by atoms with Gasteiger partial charge in [0.2, 0.25) is 0 Å². The van der Waals surface area contributed by atoms with Crippen LogP contribution >= 0.6 is 0 Å². The molecular weight excluding hydrogens is 524 g/mol. The van der Waals surface area contributed by atoms with Crippen LogP contribution in [0, 0.1) is 17.8 Å². The highest BCUT2D eigenvalue weighted by atomic mass is 16.5. The summed E-state index contributed by atoms with van der Waals surface area (Å²) in [5.74, 6) is 1.66. The van der Waals surface area contributed by atoms with E-state index in [1.54, 1.807) is 0 Å². The van der Waals surface area contributed by atoms with Gasteiger partial charge in [-0.1, -0.05) is 12.1 Å². The first-order valence-corrected chi connectivity index (χ1v) is 16.6. The lowest BCUT2D eigenvalue weighted by Gasteiger charge is -2.46. The Morgan fingerprint density at radius 3 is 1.67 bits per heavy atom. The molecule has 0 radical (unpaired) electrons. The molecule has 1 aromatic rings. The van der Waals surface area contributed by atoms with Gasteiger partial charge in [-0.15, -0.1) is 0 Å². The molecule has 4 atom stereocenters. The molecule has 4 aliphatic rings. The highest BCUT2D eigenvalue weighted by molar-refractivity contribution is 5.89. The number of hydrogen-bond donors (Lipinski definition) is 2. The molecule has 5 rings (SSSR count). The van der Waals surface area contributed by atoms with Gasteiger partial charge >= 0.3 is 11.9 Å². The summed E-state index contributed by atoms with van der Waals surface area (Å²) in [5, 5.41) is 7.34. The third-order valence-corrected chi connectivity index (χ3v) is 10.4. The molecule has 42 heavy (non-hydrogen) atoms. The van der Waals surface area contributed by atoms with Gasteiger partial charge in [-0.05, 0) is 129 Å². The molecule has 2 saturated heterocycles. The molecule has 4 fully saturated rings. The Hall–Kier alpha value is -1.92. The molecular formula is C36H56N2O4. The highest BCUT2D eigenvalue weighted by Gasteiger charge is 2.43. The van der Waals surface area contributed by atoms with Gasteiger partial charge in [0, 0.05) is 47.8 Å². The van der Waals surface area contributed by atoms with E-state index in [4.69, 9.17) is 9.47 Å². The number of hydrogen-bond acceptors (Lipinski definition) is 6. The molecule has 6 nitrogen and oxygen atoms in total. The normalized spacial score (nSPS) is 32.4. The maximum atomic E-state index is 13.2. The first kappa shape index (κ1) is 31.5. The van der Waals surface area contributed by atoms with Crippen LogP contribution in [-0.4, -0.2) is 46.3 Å². The van der Waals surface area contributed by atoms with Crippen molar-refractivity contribution >= 4 is 11.9 Å². The maximum absolute atomic E-state index is 13.2. The predicted octanol–water partition coefficient (Wildman–Crippen LogP) is 7.31. The Kier molecular flexibility index (Phi) is 8.65. The average molecular weight is 581 g/mol. The Bertz CT molecular complexity index is 1110. The topological polar surface area (TPSA) is 76.7 Å². The van der Waals surface area contributed by atoms with Crippen molar-refractivity contribution in [3.05, 3.63) is 35.4 Å². The smallest absolute Gasteiger partial charge is 0.338 e. The summed E-state index contributed by atoms with van der Waals surface area (Å²) in [6.45, 7) is 17.5. The monoisotopic (exact) mass is 580 g/mol. The number of fused-ring (bicyclic) bond motifs is 1. The molecule has 0 amide bonds. The lowest BCUT2D eigenvalue weighted by atomic mass is 9.64. The second-order valence-corrected chi connectivity index (χ2v) is 16.9. The van der Waals surface area contributed by atoms with E-state index in [2.05, 4.69) is 78.2 Å². The van der Waals surface area contributed by atoms with Crippen LogP contribution in [0.25, 0.3) is 0 Å².